The number of hydrogen-bond donors (Lipinski definition) is 2. The topological polar surface area (TPSA) is 101 Å². The molecular weight excluding hydrogens is 366 g/mol. The van der Waals surface area contributed by atoms with E-state index in [1.54, 1.807) is 43.3 Å². The molecule has 0 spiro atoms. The van der Waals surface area contributed by atoms with Gasteiger partial charge in [-0.15, -0.1) is 0 Å². The molecule has 0 aliphatic rings. The zero-order valence-electron chi connectivity index (χ0n) is 15.5. The first-order valence-corrected chi connectivity index (χ1v) is 10.2. The van der Waals surface area contributed by atoms with Crippen molar-refractivity contribution < 1.29 is 23.1 Å². The van der Waals surface area contributed by atoms with Gasteiger partial charge in [0.2, 0.25) is 0 Å². The number of rotatable bonds is 7. The van der Waals surface area contributed by atoms with E-state index in [1.165, 1.54) is 19.1 Å². The Bertz CT molecular complexity index is 933. The SMILES string of the molecule is CCC(C)(NC(=O)c1ccc(CS(=O)(=O)c2ccc(C)cc2)cc1)C(=O)O. The summed E-state index contributed by atoms with van der Waals surface area (Å²) in [5.74, 6) is -1.81. The van der Waals surface area contributed by atoms with Crippen LogP contribution in [0.5, 0.6) is 0 Å². The van der Waals surface area contributed by atoms with Crippen LogP contribution in [0.2, 0.25) is 0 Å². The quantitative estimate of drug-likeness (QED) is 0.758. The van der Waals surface area contributed by atoms with Crippen LogP contribution in [-0.2, 0) is 20.4 Å². The molecule has 2 rings (SSSR count). The monoisotopic (exact) mass is 389 g/mol. The van der Waals surface area contributed by atoms with Gasteiger partial charge < -0.3 is 10.4 Å². The van der Waals surface area contributed by atoms with Crippen LogP contribution in [-0.4, -0.2) is 30.9 Å². The summed E-state index contributed by atoms with van der Waals surface area (Å²) in [4.78, 5) is 23.8. The second kappa shape index (κ2) is 7.92. The number of amides is 1. The Balaban J connectivity index is 2.14. The number of carbonyl (C=O) groups excluding carboxylic acids is 1. The lowest BCUT2D eigenvalue weighted by atomic mass is 9.98. The highest BCUT2D eigenvalue weighted by molar-refractivity contribution is 7.90. The summed E-state index contributed by atoms with van der Waals surface area (Å²) in [5.41, 5.74) is 0.436. The van der Waals surface area contributed by atoms with E-state index >= 15 is 0 Å². The van der Waals surface area contributed by atoms with Crippen molar-refractivity contribution in [1.82, 2.24) is 5.32 Å². The normalized spacial score (nSPS) is 13.6. The highest BCUT2D eigenvalue weighted by Crippen LogP contribution is 2.18. The van der Waals surface area contributed by atoms with E-state index in [9.17, 15) is 23.1 Å². The van der Waals surface area contributed by atoms with Crippen molar-refractivity contribution in [3.8, 4) is 0 Å². The van der Waals surface area contributed by atoms with Crippen molar-refractivity contribution in [1.29, 1.82) is 0 Å². The van der Waals surface area contributed by atoms with Crippen molar-refractivity contribution >= 4 is 21.7 Å². The molecule has 7 heteroatoms. The molecule has 0 aliphatic carbocycles. The van der Waals surface area contributed by atoms with Gasteiger partial charge in [-0.3, -0.25) is 4.79 Å². The van der Waals surface area contributed by atoms with Crippen LogP contribution in [0.4, 0.5) is 0 Å². The molecular formula is C20H23NO5S. The highest BCUT2D eigenvalue weighted by atomic mass is 32.2. The average Bonchev–Trinajstić information content (AvgIpc) is 2.62. The standard InChI is InChI=1S/C20H23NO5S/c1-4-20(3,19(23)24)21-18(22)16-9-7-15(8-10-16)13-27(25,26)17-11-5-14(2)6-12-17/h5-12H,4,13H2,1-3H3,(H,21,22)(H,23,24). The highest BCUT2D eigenvalue weighted by Gasteiger charge is 2.33. The van der Waals surface area contributed by atoms with E-state index in [0.717, 1.165) is 5.56 Å². The molecule has 0 aromatic heterocycles. The van der Waals surface area contributed by atoms with Gasteiger partial charge in [0.1, 0.15) is 5.54 Å². The van der Waals surface area contributed by atoms with Crippen LogP contribution < -0.4 is 5.32 Å². The van der Waals surface area contributed by atoms with Gasteiger partial charge in [-0.2, -0.15) is 0 Å². The largest absolute Gasteiger partial charge is 0.480 e. The fourth-order valence-electron chi connectivity index (χ4n) is 2.42. The molecule has 1 unspecified atom stereocenters. The number of carboxylic acid groups (broad SMARTS) is 1. The van der Waals surface area contributed by atoms with Gasteiger partial charge in [0, 0.05) is 5.56 Å². The van der Waals surface area contributed by atoms with E-state index in [1.807, 2.05) is 6.92 Å². The van der Waals surface area contributed by atoms with Gasteiger partial charge in [-0.25, -0.2) is 13.2 Å². The number of carbonyl (C=O) groups is 2. The van der Waals surface area contributed by atoms with E-state index in [2.05, 4.69) is 5.32 Å². The van der Waals surface area contributed by atoms with Crippen molar-refractivity contribution in [3.63, 3.8) is 0 Å². The summed E-state index contributed by atoms with van der Waals surface area (Å²) in [5, 5.41) is 11.7. The third-order valence-corrected chi connectivity index (χ3v) is 6.23. The van der Waals surface area contributed by atoms with Crippen LogP contribution in [0.1, 0.15) is 41.8 Å². The molecule has 2 N–H and O–H groups in total. The molecule has 2 aromatic rings. The smallest absolute Gasteiger partial charge is 0.329 e. The lowest BCUT2D eigenvalue weighted by molar-refractivity contribution is -0.143. The van der Waals surface area contributed by atoms with Crippen LogP contribution >= 0.6 is 0 Å². The number of aryl methyl sites for hydroxylation is 1. The van der Waals surface area contributed by atoms with Gasteiger partial charge in [0.15, 0.2) is 9.84 Å². The Morgan fingerprint density at radius 3 is 2.07 bits per heavy atom. The maximum Gasteiger partial charge on any atom is 0.329 e. The van der Waals surface area contributed by atoms with Crippen molar-refractivity contribution in [3.05, 3.63) is 65.2 Å². The summed E-state index contributed by atoms with van der Waals surface area (Å²) in [6.07, 6.45) is 0.237. The number of hydrogen-bond acceptors (Lipinski definition) is 4. The van der Waals surface area contributed by atoms with Gasteiger partial charge >= 0.3 is 5.97 Å². The van der Waals surface area contributed by atoms with Crippen LogP contribution in [0, 0.1) is 6.92 Å². The van der Waals surface area contributed by atoms with Crippen LogP contribution in [0.15, 0.2) is 53.4 Å². The van der Waals surface area contributed by atoms with Gasteiger partial charge in [-0.1, -0.05) is 36.8 Å². The molecule has 1 atom stereocenters. The Morgan fingerprint density at radius 1 is 1.04 bits per heavy atom. The molecule has 0 saturated heterocycles. The Morgan fingerprint density at radius 2 is 1.59 bits per heavy atom. The Kier molecular flexibility index (Phi) is 6.05. The predicted octanol–water partition coefficient (Wildman–Crippen LogP) is 2.95. The molecule has 27 heavy (non-hydrogen) atoms. The summed E-state index contributed by atoms with van der Waals surface area (Å²) in [6.45, 7) is 5.00. The second-order valence-corrected chi connectivity index (χ2v) is 8.70. The molecule has 6 nitrogen and oxygen atoms in total. The third-order valence-electron chi connectivity index (χ3n) is 4.52. The third kappa shape index (κ3) is 4.95. The van der Waals surface area contributed by atoms with Crippen LogP contribution in [0.3, 0.4) is 0 Å². The zero-order valence-corrected chi connectivity index (χ0v) is 16.3. The minimum absolute atomic E-state index is 0.181. The van der Waals surface area contributed by atoms with Crippen LogP contribution in [0.25, 0.3) is 0 Å². The number of sulfone groups is 1. The van der Waals surface area contributed by atoms with E-state index in [-0.39, 0.29) is 22.6 Å². The predicted molar refractivity (Wildman–Crippen MR) is 102 cm³/mol. The molecule has 0 heterocycles. The van der Waals surface area contributed by atoms with Crippen molar-refractivity contribution in [2.45, 2.75) is 43.4 Å². The summed E-state index contributed by atoms with van der Waals surface area (Å²) in [6, 6.07) is 12.7. The fraction of sp³-hybridized carbons (Fsp3) is 0.300. The molecule has 0 fully saturated rings. The molecule has 0 saturated carbocycles. The summed E-state index contributed by atoms with van der Waals surface area (Å²) >= 11 is 0. The number of aliphatic carboxylic acids is 1. The zero-order chi connectivity index (χ0) is 20.2. The second-order valence-electron chi connectivity index (χ2n) is 6.71. The first-order valence-electron chi connectivity index (χ1n) is 8.51. The lowest BCUT2D eigenvalue weighted by Gasteiger charge is -2.24. The number of benzene rings is 2. The maximum atomic E-state index is 12.5. The molecule has 0 bridgehead atoms. The molecule has 2 aromatic carbocycles. The minimum Gasteiger partial charge on any atom is -0.480 e. The van der Waals surface area contributed by atoms with Gasteiger partial charge in [0.05, 0.1) is 10.6 Å². The molecule has 1 amide bonds. The Hall–Kier alpha value is -2.67. The van der Waals surface area contributed by atoms with Crippen molar-refractivity contribution in [2.24, 2.45) is 0 Å². The molecule has 0 aliphatic heterocycles. The first-order chi connectivity index (χ1) is 12.6. The average molecular weight is 389 g/mol. The van der Waals surface area contributed by atoms with Gasteiger partial charge in [-0.05, 0) is 50.1 Å². The number of nitrogens with one attached hydrogen (secondary N) is 1. The van der Waals surface area contributed by atoms with E-state index < -0.39 is 27.3 Å². The van der Waals surface area contributed by atoms with E-state index in [0.29, 0.717) is 5.56 Å². The van der Waals surface area contributed by atoms with Crippen molar-refractivity contribution in [2.75, 3.05) is 0 Å². The fourth-order valence-corrected chi connectivity index (χ4v) is 3.77. The summed E-state index contributed by atoms with van der Waals surface area (Å²) < 4.78 is 25.0. The van der Waals surface area contributed by atoms with Gasteiger partial charge in [0.25, 0.3) is 5.91 Å². The lowest BCUT2D eigenvalue weighted by Crippen LogP contribution is -2.51. The summed E-state index contributed by atoms with van der Waals surface area (Å²) in [7, 11) is -3.49. The minimum atomic E-state index is -3.49. The maximum absolute atomic E-state index is 12.5. The molecule has 144 valence electrons. The Labute approximate surface area is 159 Å². The van der Waals surface area contributed by atoms with E-state index in [4.69, 9.17) is 0 Å². The number of carboxylic acids is 1. The first kappa shape index (κ1) is 20.6. The molecule has 0 radical (unpaired) electrons.